The minimum absolute atomic E-state index is 0.136. The van der Waals surface area contributed by atoms with Crippen LogP contribution >= 0.6 is 0 Å². The van der Waals surface area contributed by atoms with E-state index in [1.165, 1.54) is 4.90 Å². The summed E-state index contributed by atoms with van der Waals surface area (Å²) in [7, 11) is -8.14. The van der Waals surface area contributed by atoms with Crippen LogP contribution < -0.4 is 4.13 Å². The van der Waals surface area contributed by atoms with E-state index in [1.807, 2.05) is 34.5 Å². The number of benzene rings is 2. The number of hydrogen-bond acceptors (Lipinski definition) is 6. The maximum atomic E-state index is 12.6. The molecule has 162 valence electrons. The number of nitrogens with one attached hydrogen (secondary N) is 1. The summed E-state index contributed by atoms with van der Waals surface area (Å²) in [5.41, 5.74) is 1.35. The van der Waals surface area contributed by atoms with Gasteiger partial charge in [-0.2, -0.15) is 0 Å². The van der Waals surface area contributed by atoms with Gasteiger partial charge in [0.15, 0.2) is 0 Å². The largest absolute Gasteiger partial charge is 0.445 e. The van der Waals surface area contributed by atoms with E-state index in [0.29, 0.717) is 5.56 Å². The Labute approximate surface area is 177 Å². The molecule has 0 aliphatic carbocycles. The molecule has 0 atom stereocenters. The molecular weight excluding hydrogens is 428 g/mol. The number of amides is 1. The summed E-state index contributed by atoms with van der Waals surface area (Å²) in [6, 6.07) is 17.6. The van der Waals surface area contributed by atoms with Crippen LogP contribution in [-0.4, -0.2) is 46.2 Å². The lowest BCUT2D eigenvalue weighted by molar-refractivity contribution is 0.0897. The van der Waals surface area contributed by atoms with Crippen LogP contribution in [0.15, 0.2) is 60.7 Å². The fourth-order valence-corrected chi connectivity index (χ4v) is 6.89. The Balaban J connectivity index is 1.51. The number of rotatable bonds is 7. The van der Waals surface area contributed by atoms with Gasteiger partial charge in [-0.3, -0.25) is 0 Å². The zero-order valence-corrected chi connectivity index (χ0v) is 17.9. The normalized spacial score (nSPS) is 15.7. The van der Waals surface area contributed by atoms with Crippen LogP contribution in [0.2, 0.25) is 0 Å². The lowest BCUT2D eigenvalue weighted by atomic mass is 10.1. The standard InChI is InChI=1S/C20H24N2O6S2/c23-20(28-15-17-7-3-1-4-8-17)22-13-11-19(12-14-22)30(26,27)21-29(24,25)16-18-9-5-2-6-10-18/h1-10,19,21H,11-16H2. The number of piperidine rings is 1. The first-order chi connectivity index (χ1) is 14.3. The SMILES string of the molecule is O=C(OCc1ccccc1)N1CCC(S(=O)(=O)NS(=O)(=O)Cc2ccccc2)CC1. The summed E-state index contributed by atoms with van der Waals surface area (Å²) in [4.78, 5) is 13.6. The molecule has 2 aromatic carbocycles. The van der Waals surface area contributed by atoms with Gasteiger partial charge in [-0.1, -0.05) is 60.7 Å². The van der Waals surface area contributed by atoms with E-state index in [4.69, 9.17) is 4.74 Å². The molecule has 1 N–H and O–H groups in total. The number of likely N-dealkylation sites (tertiary alicyclic amines) is 1. The highest BCUT2D eigenvalue weighted by Gasteiger charge is 2.34. The van der Waals surface area contributed by atoms with Crippen molar-refractivity contribution in [3.05, 3.63) is 71.8 Å². The van der Waals surface area contributed by atoms with E-state index in [0.717, 1.165) is 5.56 Å². The Kier molecular flexibility index (Phi) is 7.11. The number of sulfonamides is 2. The van der Waals surface area contributed by atoms with Crippen LogP contribution in [0, 0.1) is 0 Å². The molecule has 3 rings (SSSR count). The van der Waals surface area contributed by atoms with Crippen molar-refractivity contribution in [3.8, 4) is 0 Å². The molecular formula is C20H24N2O6S2. The molecule has 1 heterocycles. The van der Waals surface area contributed by atoms with Crippen LogP contribution in [-0.2, 0) is 37.1 Å². The van der Waals surface area contributed by atoms with E-state index < -0.39 is 37.1 Å². The van der Waals surface area contributed by atoms with Gasteiger partial charge in [-0.15, -0.1) is 4.13 Å². The van der Waals surface area contributed by atoms with Gasteiger partial charge in [0.2, 0.25) is 20.0 Å². The van der Waals surface area contributed by atoms with Crippen molar-refractivity contribution >= 4 is 26.1 Å². The highest BCUT2D eigenvalue weighted by atomic mass is 32.3. The maximum Gasteiger partial charge on any atom is 0.410 e. The predicted molar refractivity (Wildman–Crippen MR) is 112 cm³/mol. The van der Waals surface area contributed by atoms with Crippen LogP contribution in [0.25, 0.3) is 0 Å². The minimum Gasteiger partial charge on any atom is -0.445 e. The van der Waals surface area contributed by atoms with E-state index >= 15 is 0 Å². The predicted octanol–water partition coefficient (Wildman–Crippen LogP) is 2.24. The monoisotopic (exact) mass is 452 g/mol. The molecule has 1 amide bonds. The second-order valence-corrected chi connectivity index (χ2v) is 11.0. The fourth-order valence-electron chi connectivity index (χ4n) is 3.23. The molecule has 1 aliphatic rings. The first kappa shape index (κ1) is 22.3. The van der Waals surface area contributed by atoms with Crippen molar-refractivity contribution in [1.82, 2.24) is 9.03 Å². The van der Waals surface area contributed by atoms with Gasteiger partial charge < -0.3 is 9.64 Å². The smallest absolute Gasteiger partial charge is 0.410 e. The van der Waals surface area contributed by atoms with Gasteiger partial charge in [-0.05, 0) is 24.0 Å². The van der Waals surface area contributed by atoms with Crippen molar-refractivity contribution in [3.63, 3.8) is 0 Å². The van der Waals surface area contributed by atoms with Crippen LogP contribution in [0.4, 0.5) is 4.79 Å². The Morgan fingerprint density at radius 1 is 0.900 bits per heavy atom. The Morgan fingerprint density at radius 2 is 1.43 bits per heavy atom. The Morgan fingerprint density at radius 3 is 2.00 bits per heavy atom. The van der Waals surface area contributed by atoms with Crippen LogP contribution in [0.1, 0.15) is 24.0 Å². The highest BCUT2D eigenvalue weighted by molar-refractivity contribution is 8.04. The molecule has 0 radical (unpaired) electrons. The number of carbonyl (C=O) groups excluding carboxylic acids is 1. The molecule has 10 heteroatoms. The second-order valence-electron chi connectivity index (χ2n) is 7.10. The summed E-state index contributed by atoms with van der Waals surface area (Å²) < 4.78 is 56.8. The molecule has 30 heavy (non-hydrogen) atoms. The molecule has 0 spiro atoms. The number of nitrogens with zero attached hydrogens (tertiary/aromatic N) is 1. The zero-order chi connectivity index (χ0) is 21.6. The molecule has 2 aromatic rings. The molecule has 1 aliphatic heterocycles. The van der Waals surface area contributed by atoms with Crippen LogP contribution in [0.5, 0.6) is 0 Å². The van der Waals surface area contributed by atoms with Gasteiger partial charge >= 0.3 is 6.09 Å². The molecule has 0 aromatic heterocycles. The van der Waals surface area contributed by atoms with Crippen molar-refractivity contribution < 1.29 is 26.4 Å². The molecule has 1 saturated heterocycles. The fraction of sp³-hybridized carbons (Fsp3) is 0.350. The van der Waals surface area contributed by atoms with Crippen molar-refractivity contribution in [2.45, 2.75) is 30.5 Å². The molecule has 0 unspecified atom stereocenters. The lowest BCUT2D eigenvalue weighted by Gasteiger charge is -2.30. The molecule has 0 bridgehead atoms. The Bertz CT molecular complexity index is 1050. The van der Waals surface area contributed by atoms with Gasteiger partial charge in [0.05, 0.1) is 11.0 Å². The summed E-state index contributed by atoms with van der Waals surface area (Å²) in [6.45, 7) is 0.493. The summed E-state index contributed by atoms with van der Waals surface area (Å²) >= 11 is 0. The lowest BCUT2D eigenvalue weighted by Crippen LogP contribution is -2.47. The van der Waals surface area contributed by atoms with E-state index in [-0.39, 0.29) is 32.5 Å². The number of ether oxygens (including phenoxy) is 1. The summed E-state index contributed by atoms with van der Waals surface area (Å²) in [6.07, 6.45) is -0.243. The third-order valence-corrected chi connectivity index (χ3v) is 8.79. The number of carbonyl (C=O) groups is 1. The maximum absolute atomic E-state index is 12.6. The minimum atomic E-state index is -4.08. The first-order valence-corrected chi connectivity index (χ1v) is 12.7. The number of hydrogen-bond donors (Lipinski definition) is 1. The third kappa shape index (κ3) is 6.28. The van der Waals surface area contributed by atoms with Gasteiger partial charge in [0.25, 0.3) is 0 Å². The van der Waals surface area contributed by atoms with Crippen LogP contribution in [0.3, 0.4) is 0 Å². The first-order valence-electron chi connectivity index (χ1n) is 9.50. The average Bonchev–Trinajstić information content (AvgIpc) is 2.72. The average molecular weight is 453 g/mol. The molecule has 8 nitrogen and oxygen atoms in total. The van der Waals surface area contributed by atoms with Gasteiger partial charge in [-0.25, -0.2) is 21.6 Å². The van der Waals surface area contributed by atoms with E-state index in [9.17, 15) is 21.6 Å². The third-order valence-electron chi connectivity index (χ3n) is 4.79. The van der Waals surface area contributed by atoms with Crippen molar-refractivity contribution in [2.75, 3.05) is 13.1 Å². The topological polar surface area (TPSA) is 110 Å². The van der Waals surface area contributed by atoms with Gasteiger partial charge in [0.1, 0.15) is 6.61 Å². The quantitative estimate of drug-likeness (QED) is 0.690. The molecule has 0 saturated carbocycles. The van der Waals surface area contributed by atoms with E-state index in [2.05, 4.69) is 0 Å². The second kappa shape index (κ2) is 9.59. The summed E-state index contributed by atoms with van der Waals surface area (Å²) in [5, 5.41) is -0.888. The van der Waals surface area contributed by atoms with Crippen molar-refractivity contribution in [2.24, 2.45) is 0 Å². The highest BCUT2D eigenvalue weighted by Crippen LogP contribution is 2.19. The van der Waals surface area contributed by atoms with Crippen molar-refractivity contribution in [1.29, 1.82) is 0 Å². The Hall–Kier alpha value is -2.43. The zero-order valence-electron chi connectivity index (χ0n) is 16.3. The van der Waals surface area contributed by atoms with Gasteiger partial charge in [0, 0.05) is 13.1 Å². The summed E-state index contributed by atoms with van der Waals surface area (Å²) in [5.74, 6) is -0.419. The molecule has 1 fully saturated rings. The van der Waals surface area contributed by atoms with E-state index in [1.54, 1.807) is 30.3 Å².